The Morgan fingerprint density at radius 1 is 1.41 bits per heavy atom. The van der Waals surface area contributed by atoms with Crippen LogP contribution in [-0.2, 0) is 19.0 Å². The van der Waals surface area contributed by atoms with Gasteiger partial charge >= 0.3 is 5.97 Å². The van der Waals surface area contributed by atoms with E-state index in [4.69, 9.17) is 14.2 Å². The number of carbonyl (C=O) groups is 1. The Kier molecular flexibility index (Phi) is 7.21. The second-order valence-corrected chi connectivity index (χ2v) is 4.40. The third kappa shape index (κ3) is 6.03. The van der Waals surface area contributed by atoms with Crippen LogP contribution in [0.25, 0.3) is 0 Å². The van der Waals surface area contributed by atoms with E-state index in [1.54, 1.807) is 0 Å². The zero-order chi connectivity index (χ0) is 12.5. The van der Waals surface area contributed by atoms with Crippen molar-refractivity contribution in [2.45, 2.75) is 64.8 Å². The van der Waals surface area contributed by atoms with E-state index in [9.17, 15) is 4.79 Å². The molecule has 0 aliphatic carbocycles. The van der Waals surface area contributed by atoms with Crippen molar-refractivity contribution in [3.05, 3.63) is 0 Å². The van der Waals surface area contributed by atoms with Crippen LogP contribution < -0.4 is 0 Å². The van der Waals surface area contributed by atoms with Gasteiger partial charge in [0.2, 0.25) is 0 Å². The van der Waals surface area contributed by atoms with Crippen LogP contribution in [-0.4, -0.2) is 31.6 Å². The van der Waals surface area contributed by atoms with Crippen molar-refractivity contribution in [2.75, 3.05) is 13.2 Å². The predicted octanol–water partition coefficient (Wildman–Crippen LogP) is 2.65. The van der Waals surface area contributed by atoms with E-state index in [-0.39, 0.29) is 18.4 Å². The molecule has 0 aromatic carbocycles. The van der Waals surface area contributed by atoms with Gasteiger partial charge in [-0.15, -0.1) is 0 Å². The highest BCUT2D eigenvalue weighted by Crippen LogP contribution is 2.14. The monoisotopic (exact) mass is 244 g/mol. The molecule has 2 unspecified atom stereocenters. The fourth-order valence-electron chi connectivity index (χ4n) is 1.74. The normalized spacial score (nSPS) is 22.1. The van der Waals surface area contributed by atoms with E-state index in [1.807, 2.05) is 13.8 Å². The van der Waals surface area contributed by atoms with E-state index >= 15 is 0 Å². The zero-order valence-corrected chi connectivity index (χ0v) is 10.9. The van der Waals surface area contributed by atoms with Crippen molar-refractivity contribution < 1.29 is 19.0 Å². The van der Waals surface area contributed by atoms with Crippen molar-refractivity contribution in [1.29, 1.82) is 0 Å². The lowest BCUT2D eigenvalue weighted by Crippen LogP contribution is -2.29. The summed E-state index contributed by atoms with van der Waals surface area (Å²) in [6.45, 7) is 5.18. The van der Waals surface area contributed by atoms with Gasteiger partial charge in [0.25, 0.3) is 0 Å². The highest BCUT2D eigenvalue weighted by molar-refractivity contribution is 5.69. The average Bonchev–Trinajstić information content (AvgIpc) is 2.36. The number of hydrogen-bond donors (Lipinski definition) is 0. The molecule has 1 saturated heterocycles. The van der Waals surface area contributed by atoms with Gasteiger partial charge in [0.15, 0.2) is 6.29 Å². The molecule has 0 spiro atoms. The van der Waals surface area contributed by atoms with Crippen LogP contribution in [0.3, 0.4) is 0 Å². The maximum atomic E-state index is 11.4. The maximum Gasteiger partial charge on any atom is 0.306 e. The van der Waals surface area contributed by atoms with Gasteiger partial charge in [-0.25, -0.2) is 0 Å². The fourth-order valence-corrected chi connectivity index (χ4v) is 1.74. The van der Waals surface area contributed by atoms with Crippen LogP contribution in [0.5, 0.6) is 0 Å². The summed E-state index contributed by atoms with van der Waals surface area (Å²) in [6.07, 6.45) is 5.04. The lowest BCUT2D eigenvalue weighted by atomic mass is 10.2. The molecule has 1 fully saturated rings. The van der Waals surface area contributed by atoms with Crippen molar-refractivity contribution >= 4 is 5.97 Å². The minimum Gasteiger partial charge on any atom is -0.460 e. The molecule has 4 heteroatoms. The largest absolute Gasteiger partial charge is 0.460 e. The highest BCUT2D eigenvalue weighted by atomic mass is 16.7. The number of hydrogen-bond acceptors (Lipinski definition) is 4. The topological polar surface area (TPSA) is 44.8 Å². The first kappa shape index (κ1) is 14.5. The lowest BCUT2D eigenvalue weighted by Gasteiger charge is -2.25. The van der Waals surface area contributed by atoms with E-state index in [0.717, 1.165) is 38.7 Å². The molecule has 0 amide bonds. The smallest absolute Gasteiger partial charge is 0.306 e. The van der Waals surface area contributed by atoms with Gasteiger partial charge in [0.1, 0.15) is 6.10 Å². The molecule has 100 valence electrons. The Hall–Kier alpha value is -0.610. The molecule has 0 bridgehead atoms. The Morgan fingerprint density at radius 3 is 2.82 bits per heavy atom. The van der Waals surface area contributed by atoms with E-state index < -0.39 is 0 Å². The van der Waals surface area contributed by atoms with Gasteiger partial charge in [-0.3, -0.25) is 4.79 Å². The minimum atomic E-state index is -0.139. The quantitative estimate of drug-likeness (QED) is 0.646. The first-order chi connectivity index (χ1) is 8.26. The van der Waals surface area contributed by atoms with Crippen molar-refractivity contribution in [3.8, 4) is 0 Å². The molecule has 0 aromatic heterocycles. The van der Waals surface area contributed by atoms with Crippen molar-refractivity contribution in [2.24, 2.45) is 0 Å². The van der Waals surface area contributed by atoms with Crippen LogP contribution in [0.4, 0.5) is 0 Å². The summed E-state index contributed by atoms with van der Waals surface area (Å²) < 4.78 is 16.4. The third-order valence-electron chi connectivity index (χ3n) is 2.81. The molecule has 0 aromatic rings. The first-order valence-corrected chi connectivity index (χ1v) is 6.69. The molecule has 17 heavy (non-hydrogen) atoms. The molecule has 0 saturated carbocycles. The number of rotatable bonds is 7. The van der Waals surface area contributed by atoms with Gasteiger partial charge in [0.05, 0.1) is 6.61 Å². The van der Waals surface area contributed by atoms with Crippen LogP contribution in [0.1, 0.15) is 52.4 Å². The van der Waals surface area contributed by atoms with E-state index in [0.29, 0.717) is 13.0 Å². The maximum absolute atomic E-state index is 11.4. The molecule has 1 rings (SSSR count). The van der Waals surface area contributed by atoms with Crippen LogP contribution in [0.2, 0.25) is 0 Å². The van der Waals surface area contributed by atoms with Gasteiger partial charge in [0, 0.05) is 13.0 Å². The predicted molar refractivity (Wildman–Crippen MR) is 64.6 cm³/mol. The first-order valence-electron chi connectivity index (χ1n) is 6.69. The van der Waals surface area contributed by atoms with Crippen molar-refractivity contribution in [3.63, 3.8) is 0 Å². The Morgan fingerprint density at radius 2 is 2.24 bits per heavy atom. The summed E-state index contributed by atoms with van der Waals surface area (Å²) in [7, 11) is 0. The Labute approximate surface area is 104 Å². The summed E-state index contributed by atoms with van der Waals surface area (Å²) in [5, 5.41) is 0. The zero-order valence-electron chi connectivity index (χ0n) is 10.9. The van der Waals surface area contributed by atoms with Crippen LogP contribution in [0.15, 0.2) is 0 Å². The van der Waals surface area contributed by atoms with Crippen LogP contribution >= 0.6 is 0 Å². The van der Waals surface area contributed by atoms with Crippen LogP contribution in [0, 0.1) is 0 Å². The molecule has 4 nitrogen and oxygen atoms in total. The number of carbonyl (C=O) groups excluding carboxylic acids is 1. The summed E-state index contributed by atoms with van der Waals surface area (Å²) >= 11 is 0. The van der Waals surface area contributed by atoms with Gasteiger partial charge in [-0.2, -0.15) is 0 Å². The number of ether oxygens (including phenoxy) is 3. The molecule has 1 aliphatic rings. The average molecular weight is 244 g/mol. The SMILES string of the molecule is CCCC(=O)OC(CC)COC1CCCCO1. The third-order valence-corrected chi connectivity index (χ3v) is 2.81. The Balaban J connectivity index is 2.19. The molecule has 2 atom stereocenters. The lowest BCUT2D eigenvalue weighted by molar-refractivity contribution is -0.185. The molecule has 0 N–H and O–H groups in total. The second kappa shape index (κ2) is 8.48. The number of esters is 1. The molecular formula is C13H24O4. The standard InChI is InChI=1S/C13H24O4/c1-3-7-12(14)17-11(4-2)10-16-13-8-5-6-9-15-13/h11,13H,3-10H2,1-2H3. The highest BCUT2D eigenvalue weighted by Gasteiger charge is 2.18. The summed E-state index contributed by atoms with van der Waals surface area (Å²) in [6, 6.07) is 0. The summed E-state index contributed by atoms with van der Waals surface area (Å²) in [5.41, 5.74) is 0. The summed E-state index contributed by atoms with van der Waals surface area (Å²) in [5.74, 6) is -0.132. The Bertz CT molecular complexity index is 211. The molecular weight excluding hydrogens is 220 g/mol. The van der Waals surface area contributed by atoms with Gasteiger partial charge in [-0.05, 0) is 32.1 Å². The summed E-state index contributed by atoms with van der Waals surface area (Å²) in [4.78, 5) is 11.4. The van der Waals surface area contributed by atoms with Gasteiger partial charge in [-0.1, -0.05) is 13.8 Å². The molecule has 0 radical (unpaired) electrons. The molecule has 1 heterocycles. The molecule has 1 aliphatic heterocycles. The van der Waals surface area contributed by atoms with Crippen molar-refractivity contribution in [1.82, 2.24) is 0 Å². The van der Waals surface area contributed by atoms with E-state index in [2.05, 4.69) is 0 Å². The van der Waals surface area contributed by atoms with Gasteiger partial charge < -0.3 is 14.2 Å². The fraction of sp³-hybridized carbons (Fsp3) is 0.923. The van der Waals surface area contributed by atoms with E-state index in [1.165, 1.54) is 0 Å². The second-order valence-electron chi connectivity index (χ2n) is 4.40. The minimum absolute atomic E-state index is 0.109.